The van der Waals surface area contributed by atoms with Crippen LogP contribution in [-0.4, -0.2) is 181 Å². The van der Waals surface area contributed by atoms with Gasteiger partial charge in [-0.05, 0) is 242 Å². The predicted octanol–water partition coefficient (Wildman–Crippen LogP) is 17.8. The van der Waals surface area contributed by atoms with Crippen LogP contribution in [0.5, 0.6) is 0 Å². The molecule has 1 N–H and O–H groups in total. The molecule has 6 aliphatic rings. The zero-order valence-corrected chi connectivity index (χ0v) is 62.8. The smallest absolute Gasteiger partial charge is 0.0750 e. The van der Waals surface area contributed by atoms with E-state index in [1.165, 1.54) is 116 Å². The molecule has 5 unspecified atom stereocenters. The summed E-state index contributed by atoms with van der Waals surface area (Å²) in [5, 5.41) is 10.3. The van der Waals surface area contributed by atoms with Crippen molar-refractivity contribution in [2.45, 2.75) is 339 Å². The number of nitrogens with zero attached hydrogens (tertiary/aromatic N) is 6. The second-order valence-electron chi connectivity index (χ2n) is 36.5. The molecule has 7 atom stereocenters. The van der Waals surface area contributed by atoms with Gasteiger partial charge in [0.05, 0.1) is 31.5 Å². The largest absolute Gasteiger partial charge is 0.392 e. The van der Waals surface area contributed by atoms with Gasteiger partial charge in [-0.1, -0.05) is 125 Å². The van der Waals surface area contributed by atoms with Crippen LogP contribution in [0.25, 0.3) is 0 Å². The van der Waals surface area contributed by atoms with E-state index in [4.69, 9.17) is 9.47 Å². The van der Waals surface area contributed by atoms with Crippen molar-refractivity contribution in [3.63, 3.8) is 0 Å². The van der Waals surface area contributed by atoms with Crippen LogP contribution in [0.1, 0.15) is 285 Å². The minimum atomic E-state index is -0.168. The number of rotatable bonds is 11. The molecule has 504 valence electrons. The second-order valence-corrected chi connectivity index (χ2v) is 36.5. The van der Waals surface area contributed by atoms with E-state index in [-0.39, 0.29) is 16.9 Å². The van der Waals surface area contributed by atoms with Crippen LogP contribution >= 0.6 is 0 Å². The first kappa shape index (κ1) is 81.7. The standard InChI is InChI=1S/C13H27NO.3C13H27N.C12H25NO.C11H23NO/c1-10(2)14-8-6-7-11(9-14)12(15)13(3,4)5;3*1-11(2)14-8-6-7-12(10-14)9-13(3,4)5;1-10(2)13-6-7-14-11(9-13)8-12(3,4)5;1-9(2)12-6-7-13-10(8-12)11(3,4)5/h10-12,15H,6-9H2,1-5H3;3*11-12H,6-10H2,1-5H3;10-11H,6-9H2,1-5H3;9-10H,6-8H2,1-5H3/t;2*12-;;;/m.10.../s1. The number of hydrogen-bond donors (Lipinski definition) is 1. The molecule has 0 spiro atoms. The van der Waals surface area contributed by atoms with Crippen molar-refractivity contribution in [2.75, 3.05) is 91.8 Å². The number of hydrogen-bond acceptors (Lipinski definition) is 9. The van der Waals surface area contributed by atoms with Crippen molar-refractivity contribution in [1.82, 2.24) is 29.4 Å². The molecule has 0 radical (unpaired) electrons. The van der Waals surface area contributed by atoms with Crippen molar-refractivity contribution in [2.24, 2.45) is 56.2 Å². The summed E-state index contributed by atoms with van der Waals surface area (Å²) in [6.45, 7) is 85.1. The maximum atomic E-state index is 10.3. The van der Waals surface area contributed by atoms with Gasteiger partial charge in [0.2, 0.25) is 0 Å². The summed E-state index contributed by atoms with van der Waals surface area (Å²) in [6, 6.07) is 4.11. The highest BCUT2D eigenvalue weighted by molar-refractivity contribution is 4.87. The number of ether oxygens (including phenoxy) is 2. The lowest BCUT2D eigenvalue weighted by atomic mass is 9.78. The lowest BCUT2D eigenvalue weighted by Gasteiger charge is -2.41. The van der Waals surface area contributed by atoms with Crippen LogP contribution in [-0.2, 0) is 9.47 Å². The van der Waals surface area contributed by atoms with E-state index >= 15 is 0 Å². The van der Waals surface area contributed by atoms with Crippen LogP contribution in [0.2, 0.25) is 0 Å². The normalized spacial score (nSPS) is 26.1. The number of piperidine rings is 4. The number of morpholine rings is 2. The van der Waals surface area contributed by atoms with Crippen molar-refractivity contribution in [3.8, 4) is 0 Å². The molecule has 0 aromatic carbocycles. The van der Waals surface area contributed by atoms with Crippen LogP contribution in [0.15, 0.2) is 0 Å². The molecule has 9 heteroatoms. The molecule has 6 aliphatic heterocycles. The van der Waals surface area contributed by atoms with Gasteiger partial charge >= 0.3 is 0 Å². The molecule has 6 fully saturated rings. The molecular weight excluding hydrogens is 1030 g/mol. The highest BCUT2D eigenvalue weighted by atomic mass is 16.5. The molecule has 84 heavy (non-hydrogen) atoms. The molecule has 9 nitrogen and oxygen atoms in total. The van der Waals surface area contributed by atoms with Gasteiger partial charge in [0, 0.05) is 88.6 Å². The first-order valence-corrected chi connectivity index (χ1v) is 35.6. The zero-order chi connectivity index (χ0) is 64.8. The molecule has 0 aromatic heterocycles. The van der Waals surface area contributed by atoms with Crippen molar-refractivity contribution >= 4 is 0 Å². The predicted molar refractivity (Wildman–Crippen MR) is 372 cm³/mol. The van der Waals surface area contributed by atoms with Crippen LogP contribution in [0, 0.1) is 56.2 Å². The zero-order valence-electron chi connectivity index (χ0n) is 62.8. The fourth-order valence-electron chi connectivity index (χ4n) is 14.0. The van der Waals surface area contributed by atoms with Crippen LogP contribution in [0.4, 0.5) is 0 Å². The van der Waals surface area contributed by atoms with Crippen molar-refractivity contribution in [1.29, 1.82) is 0 Å². The van der Waals surface area contributed by atoms with E-state index in [1.54, 1.807) is 0 Å². The summed E-state index contributed by atoms with van der Waals surface area (Å²) in [4.78, 5) is 15.4. The Kier molecular flexibility index (Phi) is 36.8. The summed E-state index contributed by atoms with van der Waals surface area (Å²) in [5.41, 5.74) is 2.18. The van der Waals surface area contributed by atoms with E-state index in [0.29, 0.717) is 57.9 Å². The minimum Gasteiger partial charge on any atom is -0.392 e. The maximum absolute atomic E-state index is 10.3. The Labute approximate surface area is 528 Å². The van der Waals surface area contributed by atoms with Gasteiger partial charge in [0.25, 0.3) is 0 Å². The average molecular weight is 1190 g/mol. The third-order valence-corrected chi connectivity index (χ3v) is 18.6. The Bertz CT molecular complexity index is 1490. The SMILES string of the molecule is CC(C)N1CCCC(C(O)C(C)(C)C)C1.CC(C)N1CCCC(CC(C)(C)C)C1.CC(C)N1CCC[C@@H](CC(C)(C)C)C1.CC(C)N1CCC[C@H](CC(C)(C)C)C1.CC(C)N1CCOC(C(C)(C)C)C1.CC(C)N1CCOC(CC(C)(C)C)C1. The summed E-state index contributed by atoms with van der Waals surface area (Å²) in [6.07, 6.45) is 16.9. The Morgan fingerprint density at radius 1 is 0.345 bits per heavy atom. The van der Waals surface area contributed by atoms with Gasteiger partial charge < -0.3 is 34.2 Å². The van der Waals surface area contributed by atoms with E-state index < -0.39 is 0 Å². The third kappa shape index (κ3) is 37.1. The monoisotopic (exact) mass is 1190 g/mol. The third-order valence-electron chi connectivity index (χ3n) is 18.6. The fraction of sp³-hybridized carbons (Fsp3) is 1.00. The molecule has 0 amide bonds. The van der Waals surface area contributed by atoms with Crippen molar-refractivity contribution < 1.29 is 14.6 Å². The maximum Gasteiger partial charge on any atom is 0.0750 e. The summed E-state index contributed by atoms with van der Waals surface area (Å²) in [5.74, 6) is 3.27. The fourth-order valence-corrected chi connectivity index (χ4v) is 14.0. The highest BCUT2D eigenvalue weighted by Crippen LogP contribution is 2.35. The van der Waals surface area contributed by atoms with Crippen LogP contribution in [0.3, 0.4) is 0 Å². The molecule has 6 heterocycles. The first-order valence-electron chi connectivity index (χ1n) is 35.6. The number of aliphatic hydroxyl groups excluding tert-OH is 1. The molecule has 0 bridgehead atoms. The van der Waals surface area contributed by atoms with Crippen LogP contribution < -0.4 is 0 Å². The molecule has 0 saturated carbocycles. The molecular formula is C75H156N6O3. The highest BCUT2D eigenvalue weighted by Gasteiger charge is 2.35. The quantitative estimate of drug-likeness (QED) is 0.218. The van der Waals surface area contributed by atoms with E-state index in [2.05, 4.69) is 237 Å². The second kappa shape index (κ2) is 37.8. The topological polar surface area (TPSA) is 58.1 Å². The van der Waals surface area contributed by atoms with E-state index in [0.717, 1.165) is 88.2 Å². The molecule has 6 saturated heterocycles. The first-order chi connectivity index (χ1) is 38.3. The Morgan fingerprint density at radius 3 is 0.929 bits per heavy atom. The Morgan fingerprint density at radius 2 is 0.631 bits per heavy atom. The summed E-state index contributed by atoms with van der Waals surface area (Å²) in [7, 11) is 0. The number of aliphatic hydroxyl groups is 1. The van der Waals surface area contributed by atoms with Gasteiger partial charge in [0.1, 0.15) is 0 Å². The van der Waals surface area contributed by atoms with Gasteiger partial charge in [-0.2, -0.15) is 0 Å². The van der Waals surface area contributed by atoms with Gasteiger partial charge in [-0.3, -0.25) is 9.80 Å². The minimum absolute atomic E-state index is 0.0185. The Balaban J connectivity index is 0.000000504. The lowest BCUT2D eigenvalue weighted by molar-refractivity contribution is -0.0866. The van der Waals surface area contributed by atoms with Gasteiger partial charge in [0.15, 0.2) is 0 Å². The van der Waals surface area contributed by atoms with E-state index in [1.807, 2.05) is 0 Å². The summed E-state index contributed by atoms with van der Waals surface area (Å²) >= 11 is 0. The molecule has 0 aromatic rings. The molecule has 6 rings (SSSR count). The molecule has 0 aliphatic carbocycles. The Hall–Kier alpha value is -0.360. The van der Waals surface area contributed by atoms with E-state index in [9.17, 15) is 5.11 Å². The van der Waals surface area contributed by atoms with Crippen molar-refractivity contribution in [3.05, 3.63) is 0 Å². The lowest BCUT2D eigenvalue weighted by Crippen LogP contribution is -2.50. The van der Waals surface area contributed by atoms with Gasteiger partial charge in [-0.15, -0.1) is 0 Å². The number of likely N-dealkylation sites (tertiary alicyclic amines) is 4. The summed E-state index contributed by atoms with van der Waals surface area (Å²) < 4.78 is 11.6. The van der Waals surface area contributed by atoms with Gasteiger partial charge in [-0.25, -0.2) is 0 Å². The average Bonchev–Trinajstić information content (AvgIpc) is 3.39.